The smallest absolute Gasteiger partial charge is 0.277 e. The molecule has 5 nitrogen and oxygen atoms in total. The van der Waals surface area contributed by atoms with Crippen molar-refractivity contribution in [2.75, 3.05) is 6.61 Å². The molecule has 1 heterocycles. The lowest BCUT2D eigenvalue weighted by atomic mass is 10.2. The third-order valence-corrected chi connectivity index (χ3v) is 4.74. The molecule has 0 saturated carbocycles. The van der Waals surface area contributed by atoms with Crippen molar-refractivity contribution in [2.45, 2.75) is 13.8 Å². The first-order chi connectivity index (χ1) is 13.1. The molecule has 0 saturated heterocycles. The Bertz CT molecular complexity index is 965. The number of nitrogens with one attached hydrogen (secondary N) is 1. The Labute approximate surface area is 166 Å². The lowest BCUT2D eigenvalue weighted by Crippen LogP contribution is -2.24. The van der Waals surface area contributed by atoms with E-state index >= 15 is 0 Å². The summed E-state index contributed by atoms with van der Waals surface area (Å²) >= 11 is 3.59. The van der Waals surface area contributed by atoms with E-state index in [1.807, 2.05) is 62.4 Å². The minimum atomic E-state index is -0.310. The van der Waals surface area contributed by atoms with Gasteiger partial charge in [0.1, 0.15) is 5.75 Å². The van der Waals surface area contributed by atoms with E-state index in [1.165, 1.54) is 0 Å². The van der Waals surface area contributed by atoms with Crippen LogP contribution in [0, 0.1) is 13.8 Å². The van der Waals surface area contributed by atoms with Gasteiger partial charge in [0.25, 0.3) is 5.91 Å². The Morgan fingerprint density at radius 1 is 1.15 bits per heavy atom. The van der Waals surface area contributed by atoms with Crippen LogP contribution in [0.4, 0.5) is 0 Å². The van der Waals surface area contributed by atoms with Gasteiger partial charge in [0.2, 0.25) is 0 Å². The number of hydrazone groups is 1. The van der Waals surface area contributed by atoms with Gasteiger partial charge in [-0.25, -0.2) is 5.43 Å². The number of halogens is 1. The Morgan fingerprint density at radius 2 is 1.85 bits per heavy atom. The van der Waals surface area contributed by atoms with Crippen LogP contribution in [0.2, 0.25) is 0 Å². The summed E-state index contributed by atoms with van der Waals surface area (Å²) in [6.07, 6.45) is 1.65. The van der Waals surface area contributed by atoms with Crippen molar-refractivity contribution in [1.29, 1.82) is 0 Å². The van der Waals surface area contributed by atoms with Gasteiger partial charge in [0.05, 0.1) is 11.9 Å². The molecule has 2 aromatic carbocycles. The first-order valence-electron chi connectivity index (χ1n) is 8.50. The van der Waals surface area contributed by atoms with Crippen molar-refractivity contribution in [3.63, 3.8) is 0 Å². The maximum atomic E-state index is 11.9. The number of carbonyl (C=O) groups is 1. The number of aromatic nitrogens is 1. The Kier molecular flexibility index (Phi) is 6.08. The summed E-state index contributed by atoms with van der Waals surface area (Å²) in [5.74, 6) is 0.336. The molecule has 0 spiro atoms. The average molecular weight is 426 g/mol. The molecule has 0 fully saturated rings. The van der Waals surface area contributed by atoms with E-state index in [2.05, 4.69) is 31.0 Å². The predicted octanol–water partition coefficient (Wildman–Crippen LogP) is 4.39. The van der Waals surface area contributed by atoms with E-state index in [4.69, 9.17) is 4.74 Å². The molecule has 1 N–H and O–H groups in total. The second kappa shape index (κ2) is 8.68. The van der Waals surface area contributed by atoms with Gasteiger partial charge in [-0.2, -0.15) is 5.10 Å². The molecular formula is C21H20BrN3O2. The zero-order valence-electron chi connectivity index (χ0n) is 15.1. The summed E-state index contributed by atoms with van der Waals surface area (Å²) in [5, 5.41) is 4.06. The molecule has 0 atom stereocenters. The number of ether oxygens (including phenoxy) is 1. The second-order valence-electron chi connectivity index (χ2n) is 6.01. The van der Waals surface area contributed by atoms with Gasteiger partial charge >= 0.3 is 0 Å². The maximum Gasteiger partial charge on any atom is 0.277 e. The second-order valence-corrected chi connectivity index (χ2v) is 6.86. The normalized spacial score (nSPS) is 10.9. The standard InChI is InChI=1S/C21H20BrN3O2/c1-15-12-17(16(2)25(15)20-11-7-6-10-19(20)22)13-23-24-21(26)14-27-18-8-4-3-5-9-18/h3-13H,14H2,1-2H3,(H,24,26)/b23-13-. The molecule has 0 aliphatic rings. The van der Waals surface area contributed by atoms with Crippen LogP contribution in [-0.4, -0.2) is 23.3 Å². The highest BCUT2D eigenvalue weighted by atomic mass is 79.9. The molecule has 3 aromatic rings. The largest absolute Gasteiger partial charge is 0.484 e. The van der Waals surface area contributed by atoms with Gasteiger partial charge in [0, 0.05) is 21.4 Å². The molecule has 0 unspecified atom stereocenters. The van der Waals surface area contributed by atoms with Crippen molar-refractivity contribution in [3.8, 4) is 11.4 Å². The van der Waals surface area contributed by atoms with Gasteiger partial charge in [-0.15, -0.1) is 0 Å². The first kappa shape index (κ1) is 18.9. The van der Waals surface area contributed by atoms with Crippen molar-refractivity contribution in [3.05, 3.63) is 82.1 Å². The Morgan fingerprint density at radius 3 is 2.59 bits per heavy atom. The lowest BCUT2D eigenvalue weighted by molar-refractivity contribution is -0.123. The summed E-state index contributed by atoms with van der Waals surface area (Å²) in [7, 11) is 0. The van der Waals surface area contributed by atoms with Gasteiger partial charge < -0.3 is 9.30 Å². The number of benzene rings is 2. The first-order valence-corrected chi connectivity index (χ1v) is 9.29. The summed E-state index contributed by atoms with van der Waals surface area (Å²) in [6.45, 7) is 3.97. The number of hydrogen-bond donors (Lipinski definition) is 1. The van der Waals surface area contributed by atoms with E-state index in [0.717, 1.165) is 27.1 Å². The molecule has 3 rings (SSSR count). The van der Waals surface area contributed by atoms with Crippen LogP contribution in [0.5, 0.6) is 5.75 Å². The minimum Gasteiger partial charge on any atom is -0.484 e. The van der Waals surface area contributed by atoms with Gasteiger partial charge in [0.15, 0.2) is 6.61 Å². The highest BCUT2D eigenvalue weighted by Crippen LogP contribution is 2.26. The molecule has 0 bridgehead atoms. The van der Waals surface area contributed by atoms with E-state index in [1.54, 1.807) is 18.3 Å². The van der Waals surface area contributed by atoms with Crippen LogP contribution in [0.1, 0.15) is 17.0 Å². The zero-order valence-corrected chi connectivity index (χ0v) is 16.7. The SMILES string of the molecule is Cc1cc(/C=N\NC(=O)COc2ccccc2)c(C)n1-c1ccccc1Br. The topological polar surface area (TPSA) is 55.6 Å². The number of amides is 1. The highest BCUT2D eigenvalue weighted by Gasteiger charge is 2.11. The molecule has 0 aliphatic heterocycles. The number of aryl methyl sites for hydroxylation is 1. The van der Waals surface area contributed by atoms with Crippen LogP contribution in [0.3, 0.4) is 0 Å². The van der Waals surface area contributed by atoms with Gasteiger partial charge in [-0.3, -0.25) is 4.79 Å². The molecule has 0 aliphatic carbocycles. The van der Waals surface area contributed by atoms with E-state index in [-0.39, 0.29) is 12.5 Å². The summed E-state index contributed by atoms with van der Waals surface area (Å²) in [4.78, 5) is 11.9. The zero-order chi connectivity index (χ0) is 19.2. The van der Waals surface area contributed by atoms with Crippen molar-refractivity contribution >= 4 is 28.1 Å². The lowest BCUT2D eigenvalue weighted by Gasteiger charge is -2.11. The highest BCUT2D eigenvalue weighted by molar-refractivity contribution is 9.10. The summed E-state index contributed by atoms with van der Waals surface area (Å²) in [5.41, 5.74) is 6.62. The van der Waals surface area contributed by atoms with Gasteiger partial charge in [-0.1, -0.05) is 30.3 Å². The number of nitrogens with zero attached hydrogens (tertiary/aromatic N) is 2. The Hall–Kier alpha value is -2.86. The van der Waals surface area contributed by atoms with Crippen LogP contribution in [0.15, 0.2) is 70.2 Å². The fourth-order valence-corrected chi connectivity index (χ4v) is 3.26. The van der Waals surface area contributed by atoms with E-state index in [0.29, 0.717) is 5.75 Å². The predicted molar refractivity (Wildman–Crippen MR) is 111 cm³/mol. The minimum absolute atomic E-state index is 0.0860. The van der Waals surface area contributed by atoms with Gasteiger partial charge in [-0.05, 0) is 60.1 Å². The molecule has 138 valence electrons. The Balaban J connectivity index is 1.65. The van der Waals surface area contributed by atoms with E-state index in [9.17, 15) is 4.79 Å². The van der Waals surface area contributed by atoms with Crippen molar-refractivity contribution < 1.29 is 9.53 Å². The number of para-hydroxylation sites is 2. The van der Waals surface area contributed by atoms with E-state index < -0.39 is 0 Å². The van der Waals surface area contributed by atoms with Crippen molar-refractivity contribution in [1.82, 2.24) is 9.99 Å². The van der Waals surface area contributed by atoms with Crippen LogP contribution in [-0.2, 0) is 4.79 Å². The molecule has 27 heavy (non-hydrogen) atoms. The molecule has 0 radical (unpaired) electrons. The molecule has 6 heteroatoms. The number of carbonyl (C=O) groups excluding carboxylic acids is 1. The molecule has 1 amide bonds. The summed E-state index contributed by atoms with van der Waals surface area (Å²) in [6, 6.07) is 19.3. The summed E-state index contributed by atoms with van der Waals surface area (Å²) < 4.78 is 8.55. The fourth-order valence-electron chi connectivity index (χ4n) is 2.79. The van der Waals surface area contributed by atoms with Crippen LogP contribution >= 0.6 is 15.9 Å². The fraction of sp³-hybridized carbons (Fsp3) is 0.143. The molecule has 1 aromatic heterocycles. The van der Waals surface area contributed by atoms with Crippen molar-refractivity contribution in [2.24, 2.45) is 5.10 Å². The average Bonchev–Trinajstić information content (AvgIpc) is 2.95. The number of rotatable bonds is 6. The monoisotopic (exact) mass is 425 g/mol. The van der Waals surface area contributed by atoms with Crippen LogP contribution < -0.4 is 10.2 Å². The van der Waals surface area contributed by atoms with Crippen LogP contribution in [0.25, 0.3) is 5.69 Å². The third-order valence-electron chi connectivity index (χ3n) is 4.07. The maximum absolute atomic E-state index is 11.9. The third kappa shape index (κ3) is 4.65. The molecular weight excluding hydrogens is 406 g/mol. The number of hydrogen-bond acceptors (Lipinski definition) is 3. The quantitative estimate of drug-likeness (QED) is 0.470.